The first-order valence-corrected chi connectivity index (χ1v) is 5.13. The highest BCUT2D eigenvalue weighted by Crippen LogP contribution is 1.89. The lowest BCUT2D eigenvalue weighted by molar-refractivity contribution is -0.142. The molecule has 2 aromatic heterocycles. The lowest BCUT2D eigenvalue weighted by Crippen LogP contribution is -2.21. The molecular weight excluding hydrogens is 260 g/mol. The molecule has 0 fully saturated rings. The van der Waals surface area contributed by atoms with Crippen LogP contribution >= 0.6 is 0 Å². The minimum atomic E-state index is -0.956. The van der Waals surface area contributed by atoms with Crippen molar-refractivity contribution in [3.8, 4) is 0 Å². The topological polar surface area (TPSA) is 172 Å². The van der Waals surface area contributed by atoms with Crippen molar-refractivity contribution >= 4 is 17.1 Å². The number of aromatic amines is 4. The molecule has 2 heterocycles. The third-order valence-electron chi connectivity index (χ3n) is 2.12. The van der Waals surface area contributed by atoms with E-state index in [2.05, 4.69) is 15.0 Å². The third kappa shape index (κ3) is 3.67. The lowest BCUT2D eigenvalue weighted by atomic mass is 10.2. The molecule has 0 amide bonds. The Kier molecular flexibility index (Phi) is 4.42. The number of fused-ring (bicyclic) bond motifs is 1. The molecule has 0 aliphatic heterocycles. The van der Waals surface area contributed by atoms with Crippen LogP contribution in [-0.2, 0) is 4.79 Å². The average Bonchev–Trinajstić information content (AvgIpc) is 2.69. The van der Waals surface area contributed by atoms with Crippen LogP contribution in [0.4, 0.5) is 0 Å². The molecule has 0 radical (unpaired) electrons. The molecular formula is C9H12N4O6. The number of aliphatic hydroxyl groups excluding tert-OH is 1. The maximum Gasteiger partial charge on any atom is 0.327 e. The second kappa shape index (κ2) is 5.82. The summed E-state index contributed by atoms with van der Waals surface area (Å²) in [5.41, 5.74) is -1.65. The second-order valence-electron chi connectivity index (χ2n) is 3.66. The fourth-order valence-corrected chi connectivity index (χ4v) is 1.04. The second-order valence-corrected chi connectivity index (χ2v) is 3.66. The van der Waals surface area contributed by atoms with Crippen molar-refractivity contribution in [2.24, 2.45) is 5.92 Å². The number of rotatable bonds is 2. The summed E-state index contributed by atoms with van der Waals surface area (Å²) in [6, 6.07) is 0. The normalized spacial score (nSPS) is 11.7. The first-order chi connectivity index (χ1) is 8.85. The Bertz CT molecular complexity index is 735. The highest BCUT2D eigenvalue weighted by Gasteiger charge is 2.06. The van der Waals surface area contributed by atoms with Crippen molar-refractivity contribution in [1.82, 2.24) is 19.9 Å². The summed E-state index contributed by atoms with van der Waals surface area (Å²) in [6.45, 7) is 1.16. The number of carbonyl (C=O) groups is 1. The summed E-state index contributed by atoms with van der Waals surface area (Å²) >= 11 is 0. The maximum atomic E-state index is 10.9. The van der Waals surface area contributed by atoms with Gasteiger partial charge >= 0.3 is 17.3 Å². The van der Waals surface area contributed by atoms with E-state index in [1.54, 1.807) is 0 Å². The first-order valence-electron chi connectivity index (χ1n) is 5.13. The van der Waals surface area contributed by atoms with Crippen molar-refractivity contribution < 1.29 is 15.0 Å². The number of H-pyrrole nitrogens is 4. The molecule has 0 spiro atoms. The summed E-state index contributed by atoms with van der Waals surface area (Å²) in [5, 5.41) is 16.1. The Balaban J connectivity index is 0.000000224. The molecule has 1 unspecified atom stereocenters. The molecule has 2 aromatic rings. The highest BCUT2D eigenvalue weighted by molar-refractivity contribution is 5.69. The number of aromatic nitrogens is 4. The first kappa shape index (κ1) is 14.4. The monoisotopic (exact) mass is 272 g/mol. The van der Waals surface area contributed by atoms with Crippen LogP contribution in [0.1, 0.15) is 6.92 Å². The van der Waals surface area contributed by atoms with Gasteiger partial charge in [-0.3, -0.25) is 29.5 Å². The zero-order valence-electron chi connectivity index (χ0n) is 9.81. The zero-order valence-corrected chi connectivity index (χ0v) is 9.81. The Morgan fingerprint density at radius 3 is 2.05 bits per heavy atom. The van der Waals surface area contributed by atoms with Gasteiger partial charge in [-0.05, 0) is 6.92 Å². The number of carboxylic acid groups (broad SMARTS) is 1. The number of aliphatic carboxylic acids is 1. The van der Waals surface area contributed by atoms with Gasteiger partial charge < -0.3 is 10.2 Å². The van der Waals surface area contributed by atoms with Crippen LogP contribution < -0.4 is 16.9 Å². The summed E-state index contributed by atoms with van der Waals surface area (Å²) in [7, 11) is 0. The van der Waals surface area contributed by atoms with E-state index in [1.807, 2.05) is 4.98 Å². The molecule has 6 N–H and O–H groups in total. The van der Waals surface area contributed by atoms with E-state index in [0.29, 0.717) is 0 Å². The van der Waals surface area contributed by atoms with Gasteiger partial charge in [0.1, 0.15) is 11.2 Å². The van der Waals surface area contributed by atoms with Crippen molar-refractivity contribution in [2.75, 3.05) is 6.61 Å². The van der Waals surface area contributed by atoms with Crippen LogP contribution in [0.5, 0.6) is 0 Å². The summed E-state index contributed by atoms with van der Waals surface area (Å²) in [5.74, 6) is -1.58. The Hall–Kier alpha value is -2.62. The van der Waals surface area contributed by atoms with Crippen LogP contribution in [0.2, 0.25) is 0 Å². The number of hydrogen-bond donors (Lipinski definition) is 6. The molecule has 19 heavy (non-hydrogen) atoms. The number of hydrogen-bond acceptors (Lipinski definition) is 5. The molecule has 0 saturated heterocycles. The van der Waals surface area contributed by atoms with Gasteiger partial charge in [0, 0.05) is 0 Å². The van der Waals surface area contributed by atoms with Crippen molar-refractivity contribution in [2.45, 2.75) is 6.92 Å². The van der Waals surface area contributed by atoms with Crippen molar-refractivity contribution in [1.29, 1.82) is 0 Å². The molecule has 0 bridgehead atoms. The summed E-state index contributed by atoms with van der Waals surface area (Å²) in [6.07, 6.45) is 0. The molecule has 2 rings (SSSR count). The number of carboxylic acids is 1. The van der Waals surface area contributed by atoms with Gasteiger partial charge in [0.15, 0.2) is 0 Å². The number of nitrogens with one attached hydrogen (secondary N) is 4. The maximum absolute atomic E-state index is 10.9. The summed E-state index contributed by atoms with van der Waals surface area (Å²) in [4.78, 5) is 50.8. The fourth-order valence-electron chi connectivity index (χ4n) is 1.04. The Morgan fingerprint density at radius 1 is 1.11 bits per heavy atom. The molecule has 10 heteroatoms. The largest absolute Gasteiger partial charge is 0.481 e. The molecule has 0 aromatic carbocycles. The molecule has 0 aliphatic rings. The van der Waals surface area contributed by atoms with E-state index in [4.69, 9.17) is 10.2 Å². The van der Waals surface area contributed by atoms with Gasteiger partial charge in [-0.15, -0.1) is 0 Å². The predicted octanol–water partition coefficient (Wildman–Crippen LogP) is -2.07. The van der Waals surface area contributed by atoms with Crippen LogP contribution in [0.3, 0.4) is 0 Å². The lowest BCUT2D eigenvalue weighted by Gasteiger charge is -1.95. The number of imidazole rings is 1. The van der Waals surface area contributed by atoms with Gasteiger partial charge in [-0.1, -0.05) is 0 Å². The average molecular weight is 272 g/mol. The third-order valence-corrected chi connectivity index (χ3v) is 2.12. The van der Waals surface area contributed by atoms with Gasteiger partial charge in [-0.2, -0.15) is 0 Å². The van der Waals surface area contributed by atoms with Gasteiger partial charge in [0.2, 0.25) is 0 Å². The molecule has 0 saturated carbocycles. The highest BCUT2D eigenvalue weighted by atomic mass is 16.4. The van der Waals surface area contributed by atoms with Crippen LogP contribution in [-0.4, -0.2) is 42.7 Å². The van der Waals surface area contributed by atoms with Crippen molar-refractivity contribution in [3.63, 3.8) is 0 Å². The van der Waals surface area contributed by atoms with E-state index in [9.17, 15) is 19.2 Å². The molecule has 104 valence electrons. The van der Waals surface area contributed by atoms with Gasteiger partial charge in [-0.25, -0.2) is 9.59 Å². The van der Waals surface area contributed by atoms with E-state index in [-0.39, 0.29) is 17.8 Å². The smallest absolute Gasteiger partial charge is 0.327 e. The zero-order chi connectivity index (χ0) is 14.6. The molecule has 1 atom stereocenters. The van der Waals surface area contributed by atoms with E-state index >= 15 is 0 Å². The quantitative estimate of drug-likeness (QED) is 0.366. The molecule has 0 aliphatic carbocycles. The Morgan fingerprint density at radius 2 is 1.63 bits per heavy atom. The minimum Gasteiger partial charge on any atom is -0.481 e. The SMILES string of the molecule is CC(CO)C(=O)O.O=c1[nH]c(=O)c2[nH]c(=O)[nH]c2[nH]1. The standard InChI is InChI=1S/C5H4N4O3.C4H8O3/c10-3-1-2(7-4(11)6-1)8-5(12)9-3;1-3(2-5)4(6)7/h(H4,6,7,8,9,10,11,12);3,5H,2H2,1H3,(H,6,7). The summed E-state index contributed by atoms with van der Waals surface area (Å²) < 4.78 is 0. The molecule has 10 nitrogen and oxygen atoms in total. The predicted molar refractivity (Wildman–Crippen MR) is 64.0 cm³/mol. The van der Waals surface area contributed by atoms with Crippen LogP contribution in [0.15, 0.2) is 14.4 Å². The van der Waals surface area contributed by atoms with Crippen molar-refractivity contribution in [3.05, 3.63) is 31.3 Å². The van der Waals surface area contributed by atoms with Crippen LogP contribution in [0, 0.1) is 5.92 Å². The van der Waals surface area contributed by atoms with E-state index in [1.165, 1.54) is 6.92 Å². The minimum absolute atomic E-state index is 0.0413. The fraction of sp³-hybridized carbons (Fsp3) is 0.333. The van der Waals surface area contributed by atoms with Crippen LogP contribution in [0.25, 0.3) is 11.2 Å². The van der Waals surface area contributed by atoms with E-state index < -0.39 is 28.8 Å². The van der Waals surface area contributed by atoms with Gasteiger partial charge in [0.05, 0.1) is 12.5 Å². The van der Waals surface area contributed by atoms with E-state index in [0.717, 1.165) is 0 Å². The van der Waals surface area contributed by atoms with Gasteiger partial charge in [0.25, 0.3) is 5.56 Å². The number of aliphatic hydroxyl groups is 1. The Labute approximate surface area is 104 Å².